The molecule has 2 aromatic rings. The van der Waals surface area contributed by atoms with E-state index >= 15 is 0 Å². The van der Waals surface area contributed by atoms with E-state index in [4.69, 9.17) is 26.3 Å². The maximum Gasteiger partial charge on any atom is 0.255 e. The standard InChI is InChI=1S/C20H21ClN2O3/c1-13(2)7-8-26-19-17(21)10-15(11-18(19)25-3)20(24)23-16-6-4-5-14(9-16)12-22/h4-6,9-11,13H,7-8H2,1-3H3,(H,23,24). The zero-order valence-corrected chi connectivity index (χ0v) is 15.8. The molecule has 0 aliphatic rings. The maximum atomic E-state index is 12.5. The summed E-state index contributed by atoms with van der Waals surface area (Å²) in [6.45, 7) is 4.73. The molecule has 1 N–H and O–H groups in total. The maximum absolute atomic E-state index is 12.5. The molecule has 0 unspecified atom stereocenters. The number of ether oxygens (including phenoxy) is 2. The summed E-state index contributed by atoms with van der Waals surface area (Å²) in [6, 6.07) is 11.8. The highest BCUT2D eigenvalue weighted by molar-refractivity contribution is 6.32. The molecule has 0 bridgehead atoms. The Morgan fingerprint density at radius 1 is 1.31 bits per heavy atom. The van der Waals surface area contributed by atoms with Gasteiger partial charge in [0.2, 0.25) is 0 Å². The molecule has 0 aromatic heterocycles. The Kier molecular flexibility index (Phi) is 6.88. The van der Waals surface area contributed by atoms with Crippen LogP contribution < -0.4 is 14.8 Å². The van der Waals surface area contributed by atoms with E-state index in [1.54, 1.807) is 30.3 Å². The minimum absolute atomic E-state index is 0.309. The Balaban J connectivity index is 2.19. The van der Waals surface area contributed by atoms with Gasteiger partial charge in [-0.2, -0.15) is 5.26 Å². The lowest BCUT2D eigenvalue weighted by Gasteiger charge is -2.15. The van der Waals surface area contributed by atoms with E-state index in [9.17, 15) is 4.79 Å². The normalized spacial score (nSPS) is 10.3. The smallest absolute Gasteiger partial charge is 0.255 e. The second-order valence-corrected chi connectivity index (χ2v) is 6.57. The fraction of sp³-hybridized carbons (Fsp3) is 0.300. The quantitative estimate of drug-likeness (QED) is 0.750. The summed E-state index contributed by atoms with van der Waals surface area (Å²) >= 11 is 6.30. The van der Waals surface area contributed by atoms with Gasteiger partial charge >= 0.3 is 0 Å². The molecular weight excluding hydrogens is 352 g/mol. The van der Waals surface area contributed by atoms with Crippen molar-refractivity contribution in [2.75, 3.05) is 19.0 Å². The van der Waals surface area contributed by atoms with Crippen LogP contribution in [0.4, 0.5) is 5.69 Å². The van der Waals surface area contributed by atoms with Gasteiger partial charge in [-0.1, -0.05) is 31.5 Å². The lowest BCUT2D eigenvalue weighted by atomic mass is 10.1. The Morgan fingerprint density at radius 2 is 2.08 bits per heavy atom. The molecule has 2 aromatic carbocycles. The predicted octanol–water partition coefficient (Wildman–Crippen LogP) is 4.90. The highest BCUT2D eigenvalue weighted by Crippen LogP contribution is 2.36. The molecule has 0 aliphatic heterocycles. The van der Waals surface area contributed by atoms with Gasteiger partial charge in [-0.05, 0) is 42.7 Å². The van der Waals surface area contributed by atoms with Gasteiger partial charge in [-0.25, -0.2) is 0 Å². The third-order valence-corrected chi connectivity index (χ3v) is 3.96. The van der Waals surface area contributed by atoms with Gasteiger partial charge in [0.05, 0.1) is 30.4 Å². The molecule has 6 heteroatoms. The molecule has 0 fully saturated rings. The molecule has 136 valence electrons. The van der Waals surface area contributed by atoms with Crippen molar-refractivity contribution in [2.45, 2.75) is 20.3 Å². The molecule has 0 spiro atoms. The minimum atomic E-state index is -0.353. The molecule has 0 saturated carbocycles. The summed E-state index contributed by atoms with van der Waals surface area (Å²) in [5.74, 6) is 0.984. The molecular formula is C20H21ClN2O3. The van der Waals surface area contributed by atoms with Crippen LogP contribution in [-0.4, -0.2) is 19.6 Å². The Bertz CT molecular complexity index is 828. The molecule has 0 saturated heterocycles. The molecule has 0 heterocycles. The number of hydrogen-bond acceptors (Lipinski definition) is 4. The Labute approximate surface area is 158 Å². The van der Waals surface area contributed by atoms with Gasteiger partial charge in [-0.15, -0.1) is 0 Å². The van der Waals surface area contributed by atoms with Gasteiger partial charge < -0.3 is 14.8 Å². The molecule has 0 radical (unpaired) electrons. The van der Waals surface area contributed by atoms with Gasteiger partial charge in [0.1, 0.15) is 0 Å². The van der Waals surface area contributed by atoms with Crippen LogP contribution in [0.1, 0.15) is 36.2 Å². The lowest BCUT2D eigenvalue weighted by molar-refractivity contribution is 0.102. The van der Waals surface area contributed by atoms with E-state index in [0.29, 0.717) is 45.9 Å². The highest BCUT2D eigenvalue weighted by atomic mass is 35.5. The number of amides is 1. The van der Waals surface area contributed by atoms with E-state index in [2.05, 4.69) is 19.2 Å². The summed E-state index contributed by atoms with van der Waals surface area (Å²) < 4.78 is 11.1. The zero-order chi connectivity index (χ0) is 19.1. The van der Waals surface area contributed by atoms with Crippen molar-refractivity contribution < 1.29 is 14.3 Å². The number of hydrogen-bond donors (Lipinski definition) is 1. The van der Waals surface area contributed by atoms with Gasteiger partial charge in [0.25, 0.3) is 5.91 Å². The second kappa shape index (κ2) is 9.12. The number of halogens is 1. The first-order valence-corrected chi connectivity index (χ1v) is 8.64. The summed E-state index contributed by atoms with van der Waals surface area (Å²) in [4.78, 5) is 12.5. The van der Waals surface area contributed by atoms with Crippen molar-refractivity contribution in [2.24, 2.45) is 5.92 Å². The van der Waals surface area contributed by atoms with Gasteiger partial charge in [-0.3, -0.25) is 4.79 Å². The summed E-state index contributed by atoms with van der Waals surface area (Å²) in [7, 11) is 1.50. The predicted molar refractivity (Wildman–Crippen MR) is 102 cm³/mol. The number of methoxy groups -OCH3 is 1. The first-order chi connectivity index (χ1) is 12.4. The van der Waals surface area contributed by atoms with Crippen LogP contribution in [0.2, 0.25) is 5.02 Å². The van der Waals surface area contributed by atoms with Gasteiger partial charge in [0.15, 0.2) is 11.5 Å². The van der Waals surface area contributed by atoms with Crippen molar-refractivity contribution in [3.8, 4) is 17.6 Å². The van der Waals surface area contributed by atoms with Crippen LogP contribution in [0.3, 0.4) is 0 Å². The van der Waals surface area contributed by atoms with Crippen LogP contribution in [0, 0.1) is 17.2 Å². The number of anilines is 1. The largest absolute Gasteiger partial charge is 0.493 e. The molecule has 1 amide bonds. The van der Waals surface area contributed by atoms with Crippen molar-refractivity contribution in [1.29, 1.82) is 5.26 Å². The summed E-state index contributed by atoms with van der Waals surface area (Å²) in [6.07, 6.45) is 0.886. The topological polar surface area (TPSA) is 71.3 Å². The van der Waals surface area contributed by atoms with Crippen LogP contribution in [-0.2, 0) is 0 Å². The Hall–Kier alpha value is -2.71. The molecule has 0 aliphatic carbocycles. The lowest BCUT2D eigenvalue weighted by Crippen LogP contribution is -2.12. The van der Waals surface area contributed by atoms with E-state index in [1.165, 1.54) is 13.2 Å². The monoisotopic (exact) mass is 372 g/mol. The SMILES string of the molecule is COc1cc(C(=O)Nc2cccc(C#N)c2)cc(Cl)c1OCCC(C)C. The number of carbonyl (C=O) groups is 1. The van der Waals surface area contributed by atoms with Crippen molar-refractivity contribution in [1.82, 2.24) is 0 Å². The number of nitrogens with zero attached hydrogens (tertiary/aromatic N) is 1. The average molecular weight is 373 g/mol. The molecule has 5 nitrogen and oxygen atoms in total. The fourth-order valence-electron chi connectivity index (χ4n) is 2.26. The number of benzene rings is 2. The summed E-state index contributed by atoms with van der Waals surface area (Å²) in [5.41, 5.74) is 1.33. The van der Waals surface area contributed by atoms with Crippen LogP contribution in [0.25, 0.3) is 0 Å². The van der Waals surface area contributed by atoms with E-state index in [-0.39, 0.29) is 5.91 Å². The van der Waals surface area contributed by atoms with Crippen molar-refractivity contribution in [3.05, 3.63) is 52.5 Å². The van der Waals surface area contributed by atoms with E-state index in [1.807, 2.05) is 6.07 Å². The third-order valence-electron chi connectivity index (χ3n) is 3.68. The van der Waals surface area contributed by atoms with E-state index < -0.39 is 0 Å². The minimum Gasteiger partial charge on any atom is -0.493 e. The van der Waals surface area contributed by atoms with Gasteiger partial charge in [0, 0.05) is 11.3 Å². The molecule has 2 rings (SSSR count). The highest BCUT2D eigenvalue weighted by Gasteiger charge is 2.16. The number of carbonyl (C=O) groups excluding carboxylic acids is 1. The van der Waals surface area contributed by atoms with Crippen molar-refractivity contribution >= 4 is 23.2 Å². The van der Waals surface area contributed by atoms with Crippen LogP contribution in [0.5, 0.6) is 11.5 Å². The zero-order valence-electron chi connectivity index (χ0n) is 15.0. The molecule has 0 atom stereocenters. The Morgan fingerprint density at radius 3 is 2.73 bits per heavy atom. The van der Waals surface area contributed by atoms with Crippen LogP contribution >= 0.6 is 11.6 Å². The fourth-order valence-corrected chi connectivity index (χ4v) is 2.52. The number of rotatable bonds is 7. The number of nitrogens with one attached hydrogen (secondary N) is 1. The summed E-state index contributed by atoms with van der Waals surface area (Å²) in [5, 5.41) is 12.0. The second-order valence-electron chi connectivity index (χ2n) is 6.17. The third kappa shape index (κ3) is 5.14. The average Bonchev–Trinajstić information content (AvgIpc) is 2.62. The number of nitriles is 1. The van der Waals surface area contributed by atoms with Crippen molar-refractivity contribution in [3.63, 3.8) is 0 Å². The molecule has 26 heavy (non-hydrogen) atoms. The first kappa shape index (κ1) is 19.6. The first-order valence-electron chi connectivity index (χ1n) is 8.26. The van der Waals surface area contributed by atoms with E-state index in [0.717, 1.165) is 6.42 Å². The van der Waals surface area contributed by atoms with Crippen LogP contribution in [0.15, 0.2) is 36.4 Å².